The van der Waals surface area contributed by atoms with Crippen molar-refractivity contribution >= 4 is 11.6 Å². The van der Waals surface area contributed by atoms with Crippen molar-refractivity contribution in [2.24, 2.45) is 0 Å². The SMILES string of the molecule is CC(C)c1ccc(NC(=O)/C(C#N)=C\N2CCCC2)cc1. The molecule has 0 spiro atoms. The molecule has 1 fully saturated rings. The Labute approximate surface area is 126 Å². The van der Waals surface area contributed by atoms with Crippen molar-refractivity contribution in [1.29, 1.82) is 5.26 Å². The fourth-order valence-corrected chi connectivity index (χ4v) is 2.34. The van der Waals surface area contributed by atoms with E-state index < -0.39 is 0 Å². The number of benzene rings is 1. The molecule has 21 heavy (non-hydrogen) atoms. The maximum atomic E-state index is 12.1. The fourth-order valence-electron chi connectivity index (χ4n) is 2.34. The van der Waals surface area contributed by atoms with Gasteiger partial charge < -0.3 is 10.2 Å². The van der Waals surface area contributed by atoms with Crippen molar-refractivity contribution in [3.05, 3.63) is 41.6 Å². The predicted octanol–water partition coefficient (Wildman–Crippen LogP) is 3.25. The van der Waals surface area contributed by atoms with Gasteiger partial charge in [0.1, 0.15) is 11.6 Å². The number of hydrogen-bond acceptors (Lipinski definition) is 3. The molecule has 0 saturated carbocycles. The van der Waals surface area contributed by atoms with Crippen molar-refractivity contribution in [2.45, 2.75) is 32.6 Å². The van der Waals surface area contributed by atoms with Crippen LogP contribution in [0.15, 0.2) is 36.0 Å². The first kappa shape index (κ1) is 15.1. The zero-order valence-corrected chi connectivity index (χ0v) is 12.6. The van der Waals surface area contributed by atoms with Gasteiger partial charge >= 0.3 is 0 Å². The zero-order valence-electron chi connectivity index (χ0n) is 12.6. The summed E-state index contributed by atoms with van der Waals surface area (Å²) in [6.07, 6.45) is 3.91. The van der Waals surface area contributed by atoms with Crippen LogP contribution >= 0.6 is 0 Å². The molecular formula is C17H21N3O. The number of nitriles is 1. The van der Waals surface area contributed by atoms with Crippen LogP contribution in [0.3, 0.4) is 0 Å². The van der Waals surface area contributed by atoms with Gasteiger partial charge in [-0.25, -0.2) is 0 Å². The number of nitrogens with one attached hydrogen (secondary N) is 1. The van der Waals surface area contributed by atoms with Crippen LogP contribution in [0.4, 0.5) is 5.69 Å². The Hall–Kier alpha value is -2.28. The van der Waals surface area contributed by atoms with Crippen LogP contribution in [0.25, 0.3) is 0 Å². The number of hydrogen-bond donors (Lipinski definition) is 1. The lowest BCUT2D eigenvalue weighted by Gasteiger charge is -2.12. The maximum Gasteiger partial charge on any atom is 0.267 e. The minimum Gasteiger partial charge on any atom is -0.376 e. The highest BCUT2D eigenvalue weighted by atomic mass is 16.1. The average molecular weight is 283 g/mol. The lowest BCUT2D eigenvalue weighted by atomic mass is 10.0. The molecule has 1 heterocycles. The molecule has 0 unspecified atom stereocenters. The van der Waals surface area contributed by atoms with E-state index in [0.717, 1.165) is 25.9 Å². The average Bonchev–Trinajstić information content (AvgIpc) is 2.98. The Morgan fingerprint density at radius 1 is 1.29 bits per heavy atom. The molecule has 0 bridgehead atoms. The minimum absolute atomic E-state index is 0.157. The van der Waals surface area contributed by atoms with Gasteiger partial charge in [0.2, 0.25) is 0 Å². The number of nitrogens with zero attached hydrogens (tertiary/aromatic N) is 2. The monoisotopic (exact) mass is 283 g/mol. The van der Waals surface area contributed by atoms with E-state index in [2.05, 4.69) is 19.2 Å². The zero-order chi connectivity index (χ0) is 15.2. The summed E-state index contributed by atoms with van der Waals surface area (Å²) in [7, 11) is 0. The van der Waals surface area contributed by atoms with Crippen molar-refractivity contribution in [2.75, 3.05) is 18.4 Å². The highest BCUT2D eigenvalue weighted by Crippen LogP contribution is 2.18. The summed E-state index contributed by atoms with van der Waals surface area (Å²) in [6, 6.07) is 9.73. The highest BCUT2D eigenvalue weighted by molar-refractivity contribution is 6.06. The second-order valence-corrected chi connectivity index (χ2v) is 5.63. The Balaban J connectivity index is 2.03. The third-order valence-electron chi connectivity index (χ3n) is 3.65. The van der Waals surface area contributed by atoms with E-state index in [1.807, 2.05) is 35.2 Å². The van der Waals surface area contributed by atoms with Crippen molar-refractivity contribution in [3.8, 4) is 6.07 Å². The Morgan fingerprint density at radius 2 is 1.90 bits per heavy atom. The van der Waals surface area contributed by atoms with Crippen LogP contribution < -0.4 is 5.32 Å². The summed E-state index contributed by atoms with van der Waals surface area (Å²) in [6.45, 7) is 6.09. The van der Waals surface area contributed by atoms with E-state index in [9.17, 15) is 4.79 Å². The number of anilines is 1. The first-order valence-corrected chi connectivity index (χ1v) is 7.37. The first-order valence-electron chi connectivity index (χ1n) is 7.37. The third kappa shape index (κ3) is 4.09. The van der Waals surface area contributed by atoms with Crippen LogP contribution in [0, 0.1) is 11.3 Å². The van der Waals surface area contributed by atoms with Gasteiger partial charge in [-0.05, 0) is 36.5 Å². The van der Waals surface area contributed by atoms with Gasteiger partial charge in [-0.15, -0.1) is 0 Å². The lowest BCUT2D eigenvalue weighted by Crippen LogP contribution is -2.18. The van der Waals surface area contributed by atoms with Gasteiger partial charge in [0.25, 0.3) is 5.91 Å². The van der Waals surface area contributed by atoms with E-state index in [1.54, 1.807) is 6.20 Å². The topological polar surface area (TPSA) is 56.1 Å². The Bertz CT molecular complexity index is 561. The summed E-state index contributed by atoms with van der Waals surface area (Å²) in [5.41, 5.74) is 2.10. The molecule has 1 aliphatic heterocycles. The molecule has 4 heteroatoms. The molecule has 1 aromatic rings. The highest BCUT2D eigenvalue weighted by Gasteiger charge is 2.14. The summed E-state index contributed by atoms with van der Waals surface area (Å²) < 4.78 is 0. The third-order valence-corrected chi connectivity index (χ3v) is 3.65. The summed E-state index contributed by atoms with van der Waals surface area (Å²) in [5.74, 6) is 0.112. The predicted molar refractivity (Wildman–Crippen MR) is 83.7 cm³/mol. The lowest BCUT2D eigenvalue weighted by molar-refractivity contribution is -0.112. The normalized spacial score (nSPS) is 15.1. The van der Waals surface area contributed by atoms with Gasteiger partial charge in [0.05, 0.1) is 0 Å². The molecular weight excluding hydrogens is 262 g/mol. The van der Waals surface area contributed by atoms with Crippen LogP contribution in [-0.2, 0) is 4.79 Å². The van der Waals surface area contributed by atoms with Crippen LogP contribution in [-0.4, -0.2) is 23.9 Å². The number of amides is 1. The van der Waals surface area contributed by atoms with Crippen LogP contribution in [0.2, 0.25) is 0 Å². The molecule has 1 aliphatic rings. The first-order chi connectivity index (χ1) is 10.1. The summed E-state index contributed by atoms with van der Waals surface area (Å²) >= 11 is 0. The number of rotatable bonds is 4. The fraction of sp³-hybridized carbons (Fsp3) is 0.412. The van der Waals surface area contributed by atoms with Gasteiger partial charge in [0.15, 0.2) is 0 Å². The Morgan fingerprint density at radius 3 is 2.43 bits per heavy atom. The molecule has 1 aromatic carbocycles. The van der Waals surface area contributed by atoms with Crippen molar-refractivity contribution in [1.82, 2.24) is 4.90 Å². The molecule has 0 radical (unpaired) electrons. The summed E-state index contributed by atoms with van der Waals surface area (Å²) in [4.78, 5) is 14.1. The van der Waals surface area contributed by atoms with Gasteiger partial charge in [0, 0.05) is 25.0 Å². The quantitative estimate of drug-likeness (QED) is 0.681. The van der Waals surface area contributed by atoms with E-state index in [4.69, 9.17) is 5.26 Å². The molecule has 110 valence electrons. The number of carbonyl (C=O) groups excluding carboxylic acids is 1. The number of carbonyl (C=O) groups is 1. The van der Waals surface area contributed by atoms with Crippen molar-refractivity contribution in [3.63, 3.8) is 0 Å². The van der Waals surface area contributed by atoms with Gasteiger partial charge in [-0.2, -0.15) is 5.26 Å². The molecule has 2 rings (SSSR count). The largest absolute Gasteiger partial charge is 0.376 e. The molecule has 0 aliphatic carbocycles. The maximum absolute atomic E-state index is 12.1. The molecule has 0 atom stereocenters. The smallest absolute Gasteiger partial charge is 0.267 e. The van der Waals surface area contributed by atoms with E-state index in [1.165, 1.54) is 5.56 Å². The van der Waals surface area contributed by atoms with E-state index in [-0.39, 0.29) is 11.5 Å². The number of likely N-dealkylation sites (tertiary alicyclic amines) is 1. The molecule has 0 aromatic heterocycles. The molecule has 4 nitrogen and oxygen atoms in total. The molecule has 1 saturated heterocycles. The summed E-state index contributed by atoms with van der Waals surface area (Å²) in [5, 5.41) is 11.9. The van der Waals surface area contributed by atoms with E-state index in [0.29, 0.717) is 11.6 Å². The minimum atomic E-state index is -0.346. The second-order valence-electron chi connectivity index (χ2n) is 5.63. The van der Waals surface area contributed by atoms with Crippen LogP contribution in [0.5, 0.6) is 0 Å². The standard InChI is InChI=1S/C17H21N3O/c1-13(2)14-5-7-16(8-6-14)19-17(21)15(11-18)12-20-9-3-4-10-20/h5-8,12-13H,3-4,9-10H2,1-2H3,(H,19,21)/b15-12-. The van der Waals surface area contributed by atoms with Gasteiger partial charge in [-0.3, -0.25) is 4.79 Å². The molecule has 1 N–H and O–H groups in total. The molecule has 1 amide bonds. The second kappa shape index (κ2) is 6.94. The van der Waals surface area contributed by atoms with Crippen LogP contribution in [0.1, 0.15) is 38.2 Å². The van der Waals surface area contributed by atoms with E-state index >= 15 is 0 Å². The van der Waals surface area contributed by atoms with Gasteiger partial charge in [-0.1, -0.05) is 26.0 Å². The Kier molecular flexibility index (Phi) is 4.99. The van der Waals surface area contributed by atoms with Crippen molar-refractivity contribution < 1.29 is 4.79 Å².